The molecular weight excluding hydrogens is 711 g/mol. The van der Waals surface area contributed by atoms with Crippen molar-refractivity contribution in [2.75, 3.05) is 4.90 Å². The summed E-state index contributed by atoms with van der Waals surface area (Å²) in [7, 11) is 0. The van der Waals surface area contributed by atoms with E-state index in [1.54, 1.807) is 5.57 Å². The van der Waals surface area contributed by atoms with Crippen molar-refractivity contribution < 1.29 is 0 Å². The van der Waals surface area contributed by atoms with Crippen LogP contribution in [0.1, 0.15) is 126 Å². The van der Waals surface area contributed by atoms with Gasteiger partial charge in [-0.3, -0.25) is 0 Å². The monoisotopic (exact) mass is 765 g/mol. The van der Waals surface area contributed by atoms with E-state index in [-0.39, 0.29) is 21.7 Å². The van der Waals surface area contributed by atoms with Gasteiger partial charge in [-0.2, -0.15) is 0 Å². The van der Waals surface area contributed by atoms with Gasteiger partial charge in [0, 0.05) is 38.6 Å². The lowest BCUT2D eigenvalue weighted by atomic mass is 9.78. The van der Waals surface area contributed by atoms with Crippen LogP contribution in [0.25, 0.3) is 46.1 Å². The molecule has 0 radical (unpaired) electrons. The number of hydrogen-bond donors (Lipinski definition) is 0. The molecule has 0 heterocycles. The van der Waals surface area contributed by atoms with Crippen LogP contribution in [0.15, 0.2) is 127 Å². The summed E-state index contributed by atoms with van der Waals surface area (Å²) in [5, 5.41) is 2.23. The molecule has 6 aliphatic carbocycles. The standard InChI is InChI=1S/C58H55N/c1-11-17-37-34(2)24-29-47-53(37)42-32-51-43(33-50(42)58(47,9)10)54-46(57(51,7)8)22-16-23-52(54)59(35-25-27-40-38-18-12-14-20-44(38)55(3,4)48(40)30-35)36-26-28-41-39-19-13-15-21-45(39)56(5,6)49(41)31-36/h11-12,15-18,21-33H,1-2,13-14,19-20H2,3-10H3/b37-17+. The molecule has 0 bridgehead atoms. The van der Waals surface area contributed by atoms with E-state index in [0.717, 1.165) is 30.9 Å². The Balaban J connectivity index is 1.16. The molecular formula is C58H55N. The summed E-state index contributed by atoms with van der Waals surface area (Å²) in [5.74, 6) is 0. The van der Waals surface area contributed by atoms with Crippen LogP contribution in [-0.2, 0) is 21.7 Å². The summed E-state index contributed by atoms with van der Waals surface area (Å²) < 4.78 is 0. The summed E-state index contributed by atoms with van der Waals surface area (Å²) >= 11 is 0. The lowest BCUT2D eigenvalue weighted by Gasteiger charge is -2.32. The molecule has 0 fully saturated rings. The molecule has 1 nitrogen and oxygen atoms in total. The number of benzene rings is 5. The van der Waals surface area contributed by atoms with E-state index >= 15 is 0 Å². The number of hydrogen-bond acceptors (Lipinski definition) is 1. The topological polar surface area (TPSA) is 3.24 Å². The Kier molecular flexibility index (Phi) is 7.39. The Morgan fingerprint density at radius 2 is 1.17 bits per heavy atom. The van der Waals surface area contributed by atoms with Gasteiger partial charge in [0.1, 0.15) is 0 Å². The van der Waals surface area contributed by atoms with Crippen molar-refractivity contribution in [1.82, 2.24) is 0 Å². The number of rotatable bonds is 4. The number of anilines is 3. The molecule has 0 saturated carbocycles. The average Bonchev–Trinajstić information content (AvgIpc) is 3.79. The molecule has 0 aromatic heterocycles. The first-order valence-electron chi connectivity index (χ1n) is 21.9. The first-order chi connectivity index (χ1) is 28.2. The highest BCUT2D eigenvalue weighted by atomic mass is 15.1. The van der Waals surface area contributed by atoms with Crippen LogP contribution < -0.4 is 15.3 Å². The largest absolute Gasteiger partial charge is 0.310 e. The molecule has 1 heteroatoms. The van der Waals surface area contributed by atoms with Crippen molar-refractivity contribution in [2.24, 2.45) is 0 Å². The van der Waals surface area contributed by atoms with Gasteiger partial charge in [0.05, 0.1) is 5.69 Å². The molecule has 6 aliphatic rings. The van der Waals surface area contributed by atoms with Crippen LogP contribution in [0, 0.1) is 0 Å². The molecule has 59 heavy (non-hydrogen) atoms. The van der Waals surface area contributed by atoms with Crippen LogP contribution >= 0.6 is 0 Å². The molecule has 5 aromatic rings. The second-order valence-electron chi connectivity index (χ2n) is 20.1. The van der Waals surface area contributed by atoms with E-state index in [1.807, 2.05) is 6.08 Å². The molecule has 0 unspecified atom stereocenters. The highest BCUT2D eigenvalue weighted by Crippen LogP contribution is 2.60. The minimum absolute atomic E-state index is 0.0313. The van der Waals surface area contributed by atoms with Gasteiger partial charge in [-0.25, -0.2) is 0 Å². The summed E-state index contributed by atoms with van der Waals surface area (Å²) in [4.78, 5) is 2.61. The quantitative estimate of drug-likeness (QED) is 0.176. The molecule has 0 aliphatic heterocycles. The molecule has 292 valence electrons. The minimum Gasteiger partial charge on any atom is -0.310 e. The third-order valence-electron chi connectivity index (χ3n) is 15.5. The maximum atomic E-state index is 4.47. The van der Waals surface area contributed by atoms with E-state index < -0.39 is 0 Å². The second-order valence-corrected chi connectivity index (χ2v) is 20.1. The Bertz CT molecular complexity index is 3020. The summed E-state index contributed by atoms with van der Waals surface area (Å²) in [6.07, 6.45) is 18.0. The van der Waals surface area contributed by atoms with Gasteiger partial charge in [0.15, 0.2) is 0 Å². The number of nitrogens with zero attached hydrogens (tertiary/aromatic N) is 1. The fourth-order valence-electron chi connectivity index (χ4n) is 12.4. The van der Waals surface area contributed by atoms with Crippen molar-refractivity contribution in [3.63, 3.8) is 0 Å². The third-order valence-corrected chi connectivity index (χ3v) is 15.5. The average molecular weight is 766 g/mol. The lowest BCUT2D eigenvalue weighted by molar-refractivity contribution is 0.607. The maximum absolute atomic E-state index is 4.47. The first-order valence-corrected chi connectivity index (χ1v) is 21.9. The van der Waals surface area contributed by atoms with Gasteiger partial charge in [-0.05, 0) is 157 Å². The van der Waals surface area contributed by atoms with Crippen LogP contribution in [-0.4, -0.2) is 0 Å². The van der Waals surface area contributed by atoms with Gasteiger partial charge >= 0.3 is 0 Å². The van der Waals surface area contributed by atoms with E-state index in [2.05, 4.69) is 183 Å². The third kappa shape index (κ3) is 4.68. The van der Waals surface area contributed by atoms with Crippen molar-refractivity contribution in [3.8, 4) is 22.3 Å². The zero-order valence-corrected chi connectivity index (χ0v) is 36.2. The van der Waals surface area contributed by atoms with E-state index in [4.69, 9.17) is 0 Å². The zero-order valence-electron chi connectivity index (χ0n) is 36.2. The normalized spacial score (nSPS) is 20.1. The summed E-state index contributed by atoms with van der Waals surface area (Å²) in [6, 6.07) is 31.4. The van der Waals surface area contributed by atoms with Gasteiger partial charge in [0.25, 0.3) is 0 Å². The Morgan fingerprint density at radius 3 is 1.88 bits per heavy atom. The van der Waals surface area contributed by atoms with Gasteiger partial charge in [0.2, 0.25) is 0 Å². The van der Waals surface area contributed by atoms with Crippen LogP contribution in [0.2, 0.25) is 0 Å². The Morgan fingerprint density at radius 1 is 0.559 bits per heavy atom. The molecule has 0 atom stereocenters. The molecule has 0 amide bonds. The van der Waals surface area contributed by atoms with Crippen molar-refractivity contribution >= 4 is 40.9 Å². The van der Waals surface area contributed by atoms with Crippen molar-refractivity contribution in [2.45, 2.75) is 103 Å². The second kappa shape index (κ2) is 12.0. The Hall–Kier alpha value is -5.66. The van der Waals surface area contributed by atoms with Crippen LogP contribution in [0.3, 0.4) is 0 Å². The molecule has 11 rings (SSSR count). The van der Waals surface area contributed by atoms with Crippen LogP contribution in [0.5, 0.6) is 0 Å². The summed E-state index contributed by atoms with van der Waals surface area (Å²) in [5.41, 5.74) is 25.8. The predicted molar refractivity (Wildman–Crippen MR) is 252 cm³/mol. The van der Waals surface area contributed by atoms with Gasteiger partial charge in [-0.1, -0.05) is 147 Å². The van der Waals surface area contributed by atoms with Gasteiger partial charge < -0.3 is 4.90 Å². The zero-order chi connectivity index (χ0) is 41.0. The highest BCUT2D eigenvalue weighted by molar-refractivity contribution is 5.99. The number of allylic oxidation sites excluding steroid dienone is 9. The van der Waals surface area contributed by atoms with Crippen molar-refractivity contribution in [3.05, 3.63) is 182 Å². The van der Waals surface area contributed by atoms with E-state index in [0.29, 0.717) is 0 Å². The first kappa shape index (κ1) is 36.4. The fraction of sp³-hybridized carbons (Fsp3) is 0.276. The highest BCUT2D eigenvalue weighted by Gasteiger charge is 2.45. The maximum Gasteiger partial charge on any atom is 0.0543 e. The fourth-order valence-corrected chi connectivity index (χ4v) is 12.4. The minimum atomic E-state index is -0.205. The SMILES string of the molecule is C=C/C=c1/c2c(ccc1=C)C(C)(C)c1cc3c(cc1-2)C(C)(C)c1cccc(N(c2ccc4c(c2)C(C)(C)C2=C4CCC=C2)c2ccc4c(c2)C(C)(C)C2=C4C=CCC2)c1-3. The van der Waals surface area contributed by atoms with Crippen molar-refractivity contribution in [1.29, 1.82) is 0 Å². The summed E-state index contributed by atoms with van der Waals surface area (Å²) in [6.45, 7) is 27.9. The van der Waals surface area contributed by atoms with E-state index in [9.17, 15) is 0 Å². The van der Waals surface area contributed by atoms with E-state index in [1.165, 1.54) is 106 Å². The molecule has 0 spiro atoms. The predicted octanol–water partition coefficient (Wildman–Crippen LogP) is 13.9. The molecule has 0 saturated heterocycles. The Labute approximate surface area is 351 Å². The number of fused-ring (bicyclic) bond motifs is 10. The smallest absolute Gasteiger partial charge is 0.0543 e. The molecule has 5 aromatic carbocycles. The molecule has 0 N–H and O–H groups in total. The van der Waals surface area contributed by atoms with Gasteiger partial charge in [-0.15, -0.1) is 0 Å². The lowest BCUT2D eigenvalue weighted by Crippen LogP contribution is -2.27. The van der Waals surface area contributed by atoms with Crippen LogP contribution in [0.4, 0.5) is 17.1 Å².